The number of hydrogen-bond donors (Lipinski definition) is 2. The van der Waals surface area contributed by atoms with E-state index in [1.54, 1.807) is 41.1 Å². The number of halogens is 3. The average Bonchev–Trinajstić information content (AvgIpc) is 3.49. The average molecular weight is 608 g/mol. The molecule has 0 atom stereocenters. The molecule has 230 valence electrons. The van der Waals surface area contributed by atoms with Gasteiger partial charge < -0.3 is 29.8 Å². The number of pyridine rings is 1. The zero-order chi connectivity index (χ0) is 31.3. The normalized spacial score (nSPS) is 13.5. The number of anilines is 4. The zero-order valence-electron chi connectivity index (χ0n) is 24.3. The number of carbonyl (C=O) groups excluding carboxylic acids is 2. The van der Waals surface area contributed by atoms with Crippen molar-refractivity contribution in [1.82, 2.24) is 14.9 Å². The molecule has 13 heteroatoms. The third-order valence-electron chi connectivity index (χ3n) is 7.16. The molecule has 3 amide bonds. The van der Waals surface area contributed by atoms with E-state index in [4.69, 9.17) is 4.42 Å². The van der Waals surface area contributed by atoms with Crippen LogP contribution in [0.3, 0.4) is 0 Å². The molecule has 1 aliphatic heterocycles. The van der Waals surface area contributed by atoms with Gasteiger partial charge in [-0.05, 0) is 36.2 Å². The van der Waals surface area contributed by atoms with E-state index >= 15 is 0 Å². The van der Waals surface area contributed by atoms with Crippen LogP contribution >= 0.6 is 0 Å². The first-order chi connectivity index (χ1) is 21.1. The van der Waals surface area contributed by atoms with E-state index in [0.717, 1.165) is 5.56 Å². The number of carbonyl (C=O) groups is 2. The number of rotatable bonds is 9. The van der Waals surface area contributed by atoms with Crippen LogP contribution in [-0.2, 0) is 12.3 Å². The number of hydrogen-bond acceptors (Lipinski definition) is 7. The van der Waals surface area contributed by atoms with Gasteiger partial charge in [0.1, 0.15) is 11.6 Å². The molecule has 5 rings (SSSR count). The minimum Gasteiger partial charge on any atom is -0.418 e. The lowest BCUT2D eigenvalue weighted by atomic mass is 10.1. The van der Waals surface area contributed by atoms with Gasteiger partial charge in [-0.25, -0.2) is 14.2 Å². The Balaban J connectivity index is 1.18. The van der Waals surface area contributed by atoms with Crippen molar-refractivity contribution >= 4 is 35.1 Å². The van der Waals surface area contributed by atoms with Crippen LogP contribution in [-0.4, -0.2) is 66.6 Å². The molecule has 10 nitrogen and oxygen atoms in total. The number of urea groups is 1. The van der Waals surface area contributed by atoms with Gasteiger partial charge in [-0.3, -0.25) is 4.79 Å². The Labute approximate surface area is 252 Å². The highest BCUT2D eigenvalue weighted by atomic mass is 19.3. The van der Waals surface area contributed by atoms with Crippen molar-refractivity contribution in [3.05, 3.63) is 95.8 Å². The van der Waals surface area contributed by atoms with E-state index < -0.39 is 35.1 Å². The molecule has 44 heavy (non-hydrogen) atoms. The van der Waals surface area contributed by atoms with Crippen LogP contribution in [0.1, 0.15) is 28.7 Å². The fraction of sp³-hybridized carbons (Fsp3) is 0.290. The Kier molecular flexibility index (Phi) is 9.02. The lowest BCUT2D eigenvalue weighted by Crippen LogP contribution is -2.50. The predicted molar refractivity (Wildman–Crippen MR) is 161 cm³/mol. The smallest absolute Gasteiger partial charge is 0.322 e. The first-order valence-corrected chi connectivity index (χ1v) is 14.1. The third-order valence-corrected chi connectivity index (χ3v) is 7.16. The maximum Gasteiger partial charge on any atom is 0.322 e. The molecule has 0 spiro atoms. The van der Waals surface area contributed by atoms with Crippen LogP contribution in [0.15, 0.2) is 77.3 Å². The van der Waals surface area contributed by atoms with Crippen molar-refractivity contribution < 1.29 is 27.2 Å². The minimum absolute atomic E-state index is 0.0854. The number of benzene rings is 2. The van der Waals surface area contributed by atoms with Crippen molar-refractivity contribution in [2.75, 3.05) is 60.2 Å². The summed E-state index contributed by atoms with van der Waals surface area (Å²) in [6.45, 7) is 2.85. The Bertz CT molecular complexity index is 1590. The maximum atomic E-state index is 14.4. The first kappa shape index (κ1) is 30.4. The second kappa shape index (κ2) is 13.1. The largest absolute Gasteiger partial charge is 0.418 e. The predicted octanol–water partition coefficient (Wildman–Crippen LogP) is 5.61. The second-order valence-electron chi connectivity index (χ2n) is 10.5. The van der Waals surface area contributed by atoms with Gasteiger partial charge in [0.25, 0.3) is 17.8 Å². The molecule has 0 unspecified atom stereocenters. The van der Waals surface area contributed by atoms with Gasteiger partial charge >= 0.3 is 6.03 Å². The maximum absolute atomic E-state index is 14.4. The van der Waals surface area contributed by atoms with Gasteiger partial charge in [0, 0.05) is 46.7 Å². The summed E-state index contributed by atoms with van der Waals surface area (Å²) in [6.07, 6.45) is 2.05. The van der Waals surface area contributed by atoms with Crippen molar-refractivity contribution in [3.63, 3.8) is 0 Å². The molecule has 1 fully saturated rings. The highest BCUT2D eigenvalue weighted by Crippen LogP contribution is 2.33. The number of likely N-dealkylation sites (N-methyl/N-ethyl adjacent to an activating group) is 1. The summed E-state index contributed by atoms with van der Waals surface area (Å²) in [5, 5.41) is 5.15. The molecule has 0 radical (unpaired) electrons. The Morgan fingerprint density at radius 3 is 2.34 bits per heavy atom. The number of oxazole rings is 1. The minimum atomic E-state index is -3.41. The highest BCUT2D eigenvalue weighted by Gasteiger charge is 2.37. The molecule has 2 aromatic carbocycles. The van der Waals surface area contributed by atoms with Crippen LogP contribution in [0, 0.1) is 5.82 Å². The Morgan fingerprint density at radius 1 is 0.977 bits per heavy atom. The summed E-state index contributed by atoms with van der Waals surface area (Å²) in [4.78, 5) is 39.1. The van der Waals surface area contributed by atoms with Gasteiger partial charge in [0.2, 0.25) is 5.76 Å². The molecule has 4 aromatic rings. The monoisotopic (exact) mass is 607 g/mol. The SMILES string of the molecule is CN(CCc1ccccc1)c1nc(C(C)(F)F)c(C(=O)Nc2ccc(N3CCN(C(=O)Nc4ccccc4F)CC3)nc2)o1. The van der Waals surface area contributed by atoms with E-state index in [9.17, 15) is 22.8 Å². The molecule has 2 aromatic heterocycles. The molecule has 0 aliphatic carbocycles. The van der Waals surface area contributed by atoms with Gasteiger partial charge in [-0.2, -0.15) is 13.8 Å². The number of para-hydroxylation sites is 1. The first-order valence-electron chi connectivity index (χ1n) is 14.1. The molecule has 3 heterocycles. The van der Waals surface area contributed by atoms with Crippen LogP contribution in [0.5, 0.6) is 0 Å². The molecule has 0 bridgehead atoms. The summed E-state index contributed by atoms with van der Waals surface area (Å²) in [5.41, 5.74) is 0.707. The number of alkyl halides is 2. The van der Waals surface area contributed by atoms with Crippen molar-refractivity contribution in [2.45, 2.75) is 19.3 Å². The Morgan fingerprint density at radius 2 is 1.68 bits per heavy atom. The Hall–Kier alpha value is -5.07. The summed E-state index contributed by atoms with van der Waals surface area (Å²) >= 11 is 0. The topological polar surface area (TPSA) is 107 Å². The van der Waals surface area contributed by atoms with Crippen LogP contribution in [0.2, 0.25) is 0 Å². The van der Waals surface area contributed by atoms with Crippen LogP contribution in [0.25, 0.3) is 0 Å². The van der Waals surface area contributed by atoms with Gasteiger partial charge in [0.05, 0.1) is 17.6 Å². The fourth-order valence-corrected chi connectivity index (χ4v) is 4.69. The third kappa shape index (κ3) is 7.28. The van der Waals surface area contributed by atoms with Crippen LogP contribution in [0.4, 0.5) is 41.2 Å². The number of aromatic nitrogens is 2. The number of amides is 3. The fourth-order valence-electron chi connectivity index (χ4n) is 4.69. The molecule has 2 N–H and O–H groups in total. The van der Waals surface area contributed by atoms with Crippen molar-refractivity contribution in [2.24, 2.45) is 0 Å². The molecule has 1 saturated heterocycles. The molecule has 1 aliphatic rings. The zero-order valence-corrected chi connectivity index (χ0v) is 24.3. The summed E-state index contributed by atoms with van der Waals surface area (Å²) < 4.78 is 48.3. The van der Waals surface area contributed by atoms with Crippen LogP contribution < -0.4 is 20.4 Å². The summed E-state index contributed by atoms with van der Waals surface area (Å²) in [5.74, 6) is -4.76. The van der Waals surface area contributed by atoms with E-state index in [1.165, 1.54) is 18.3 Å². The van der Waals surface area contributed by atoms with Crippen molar-refractivity contribution in [3.8, 4) is 0 Å². The quantitative estimate of drug-likeness (QED) is 0.255. The molecular weight excluding hydrogens is 575 g/mol. The highest BCUT2D eigenvalue weighted by molar-refractivity contribution is 6.03. The standard InChI is InChI=1S/C31H32F3N7O3/c1-31(33,34)27-26(44-30(38-27)39(2)15-14-21-8-4-3-5-9-21)28(42)36-22-12-13-25(35-20-22)40-16-18-41(19-17-40)29(43)37-24-11-7-6-10-23(24)32/h3-13,20H,14-19H2,1-2H3,(H,36,42)(H,37,43). The molecule has 0 saturated carbocycles. The molecular formula is C31H32F3N7O3. The van der Waals surface area contributed by atoms with E-state index in [0.29, 0.717) is 51.9 Å². The number of nitrogens with zero attached hydrogens (tertiary/aromatic N) is 5. The summed E-state index contributed by atoms with van der Waals surface area (Å²) in [6, 6.07) is 18.4. The van der Waals surface area contributed by atoms with Gasteiger partial charge in [0.15, 0.2) is 5.69 Å². The summed E-state index contributed by atoms with van der Waals surface area (Å²) in [7, 11) is 1.66. The lowest BCUT2D eigenvalue weighted by molar-refractivity contribution is 0.0115. The number of piperazine rings is 1. The lowest BCUT2D eigenvalue weighted by Gasteiger charge is -2.35. The van der Waals surface area contributed by atoms with E-state index in [-0.39, 0.29) is 17.4 Å². The van der Waals surface area contributed by atoms with Crippen molar-refractivity contribution in [1.29, 1.82) is 0 Å². The van der Waals surface area contributed by atoms with Gasteiger partial charge in [-0.15, -0.1) is 0 Å². The van der Waals surface area contributed by atoms with E-state index in [2.05, 4.69) is 20.6 Å². The van der Waals surface area contributed by atoms with E-state index in [1.807, 2.05) is 35.2 Å². The second-order valence-corrected chi connectivity index (χ2v) is 10.5. The number of nitrogens with one attached hydrogen (secondary N) is 2. The van der Waals surface area contributed by atoms with Gasteiger partial charge in [-0.1, -0.05) is 42.5 Å².